The lowest BCUT2D eigenvalue weighted by Gasteiger charge is -2.18. The number of carbonyl (C=O) groups is 1. The Morgan fingerprint density at radius 3 is 2.50 bits per heavy atom. The summed E-state index contributed by atoms with van der Waals surface area (Å²) in [6.07, 6.45) is 0. The Bertz CT molecular complexity index is 429. The smallest absolute Gasteiger partial charge is 0.324 e. The molecule has 1 aromatic rings. The van der Waals surface area contributed by atoms with Crippen molar-refractivity contribution in [2.24, 2.45) is 0 Å². The summed E-state index contributed by atoms with van der Waals surface area (Å²) >= 11 is 0. The van der Waals surface area contributed by atoms with Gasteiger partial charge in [-0.25, -0.2) is 0 Å². The molecule has 0 aromatic heterocycles. The Balaban J connectivity index is 2.79. The lowest BCUT2D eigenvalue weighted by molar-refractivity contribution is -0.140. The summed E-state index contributed by atoms with van der Waals surface area (Å²) in [5.74, 6) is -0.0982. The number of benzene rings is 1. The van der Waals surface area contributed by atoms with Gasteiger partial charge in [-0.15, -0.1) is 0 Å². The quantitative estimate of drug-likeness (QED) is 0.812. The molecule has 1 rings (SSSR count). The van der Waals surface area contributed by atoms with Crippen molar-refractivity contribution < 1.29 is 14.6 Å². The van der Waals surface area contributed by atoms with Crippen molar-refractivity contribution in [2.45, 2.75) is 33.7 Å². The summed E-state index contributed by atoms with van der Waals surface area (Å²) in [5, 5.41) is 11.9. The molecule has 2 N–H and O–H groups in total. The standard InChI is InChI=1S/C14H21NO3/c1-5-15-12(14(16)17)8-18-13-10(3)7-6-9(2)11(13)4/h6-7,12,15H,5,8H2,1-4H3,(H,16,17). The first-order valence-corrected chi connectivity index (χ1v) is 6.13. The maximum atomic E-state index is 11.0. The molecule has 0 radical (unpaired) electrons. The summed E-state index contributed by atoms with van der Waals surface area (Å²) in [4.78, 5) is 11.0. The number of rotatable bonds is 6. The van der Waals surface area contributed by atoms with E-state index in [1.807, 2.05) is 39.8 Å². The molecule has 1 aromatic carbocycles. The van der Waals surface area contributed by atoms with Crippen LogP contribution in [0.2, 0.25) is 0 Å². The number of hydrogen-bond donors (Lipinski definition) is 2. The first-order chi connectivity index (χ1) is 8.47. The number of ether oxygens (including phenoxy) is 1. The van der Waals surface area contributed by atoms with Crippen LogP contribution in [-0.4, -0.2) is 30.3 Å². The lowest BCUT2D eigenvalue weighted by Crippen LogP contribution is -2.41. The highest BCUT2D eigenvalue weighted by Gasteiger charge is 2.17. The van der Waals surface area contributed by atoms with Gasteiger partial charge in [0.15, 0.2) is 0 Å². The zero-order valence-electron chi connectivity index (χ0n) is 11.4. The highest BCUT2D eigenvalue weighted by Crippen LogP contribution is 2.25. The van der Waals surface area contributed by atoms with Crippen LogP contribution in [0, 0.1) is 20.8 Å². The molecule has 0 aliphatic carbocycles. The average Bonchev–Trinajstić information content (AvgIpc) is 2.32. The largest absolute Gasteiger partial charge is 0.491 e. The second kappa shape index (κ2) is 6.40. The maximum Gasteiger partial charge on any atom is 0.324 e. The number of carboxylic acid groups (broad SMARTS) is 1. The Morgan fingerprint density at radius 2 is 1.94 bits per heavy atom. The summed E-state index contributed by atoms with van der Waals surface area (Å²) in [6.45, 7) is 8.58. The number of likely N-dealkylation sites (N-methyl/N-ethyl adjacent to an activating group) is 1. The molecular weight excluding hydrogens is 230 g/mol. The summed E-state index contributed by atoms with van der Waals surface area (Å²) < 4.78 is 5.68. The predicted octanol–water partition coefficient (Wildman–Crippen LogP) is 2.05. The molecule has 18 heavy (non-hydrogen) atoms. The van der Waals surface area contributed by atoms with Gasteiger partial charge in [-0.2, -0.15) is 0 Å². The van der Waals surface area contributed by atoms with Crippen LogP contribution in [0.25, 0.3) is 0 Å². The molecule has 0 fully saturated rings. The van der Waals surface area contributed by atoms with Crippen LogP contribution in [0.4, 0.5) is 0 Å². The van der Waals surface area contributed by atoms with Crippen LogP contribution < -0.4 is 10.1 Å². The van der Waals surface area contributed by atoms with Crippen molar-refractivity contribution in [3.8, 4) is 5.75 Å². The average molecular weight is 251 g/mol. The van der Waals surface area contributed by atoms with Crippen molar-refractivity contribution in [3.05, 3.63) is 28.8 Å². The molecule has 0 bridgehead atoms. The maximum absolute atomic E-state index is 11.0. The van der Waals surface area contributed by atoms with E-state index in [1.165, 1.54) is 0 Å². The van der Waals surface area contributed by atoms with Crippen molar-refractivity contribution in [1.82, 2.24) is 5.32 Å². The van der Waals surface area contributed by atoms with E-state index in [9.17, 15) is 4.79 Å². The van der Waals surface area contributed by atoms with Crippen molar-refractivity contribution in [1.29, 1.82) is 0 Å². The van der Waals surface area contributed by atoms with Crippen LogP contribution >= 0.6 is 0 Å². The van der Waals surface area contributed by atoms with E-state index >= 15 is 0 Å². The van der Waals surface area contributed by atoms with Gasteiger partial charge >= 0.3 is 5.97 Å². The number of carboxylic acids is 1. The van der Waals surface area contributed by atoms with Crippen LogP contribution in [-0.2, 0) is 4.79 Å². The monoisotopic (exact) mass is 251 g/mol. The molecule has 0 saturated carbocycles. The van der Waals surface area contributed by atoms with Gasteiger partial charge in [-0.1, -0.05) is 19.1 Å². The normalized spacial score (nSPS) is 12.2. The van der Waals surface area contributed by atoms with E-state index < -0.39 is 12.0 Å². The minimum Gasteiger partial charge on any atom is -0.491 e. The molecule has 4 heteroatoms. The van der Waals surface area contributed by atoms with E-state index in [0.717, 1.165) is 22.4 Å². The second-order valence-corrected chi connectivity index (χ2v) is 4.41. The van der Waals surface area contributed by atoms with E-state index in [1.54, 1.807) is 0 Å². The molecule has 0 aliphatic heterocycles. The summed E-state index contributed by atoms with van der Waals surface area (Å²) in [6, 6.07) is 3.35. The number of hydrogen-bond acceptors (Lipinski definition) is 3. The first kappa shape index (κ1) is 14.5. The van der Waals surface area contributed by atoms with Crippen molar-refractivity contribution in [2.75, 3.05) is 13.2 Å². The Hall–Kier alpha value is -1.55. The molecule has 0 amide bonds. The highest BCUT2D eigenvalue weighted by molar-refractivity contribution is 5.73. The minimum absolute atomic E-state index is 0.133. The van der Waals surface area contributed by atoms with Crippen molar-refractivity contribution >= 4 is 5.97 Å². The van der Waals surface area contributed by atoms with E-state index in [2.05, 4.69) is 5.32 Å². The molecule has 0 aliphatic rings. The van der Waals surface area contributed by atoms with Crippen LogP contribution in [0.15, 0.2) is 12.1 Å². The van der Waals surface area contributed by atoms with E-state index in [4.69, 9.17) is 9.84 Å². The fourth-order valence-corrected chi connectivity index (χ4v) is 1.78. The Labute approximate surface area is 108 Å². The van der Waals surface area contributed by atoms with E-state index in [0.29, 0.717) is 6.54 Å². The van der Waals surface area contributed by atoms with Gasteiger partial charge < -0.3 is 15.2 Å². The zero-order chi connectivity index (χ0) is 13.7. The lowest BCUT2D eigenvalue weighted by atomic mass is 10.1. The Kier molecular flexibility index (Phi) is 5.16. The number of aliphatic carboxylic acids is 1. The molecule has 0 spiro atoms. The van der Waals surface area contributed by atoms with Crippen LogP contribution in [0.3, 0.4) is 0 Å². The third kappa shape index (κ3) is 3.47. The first-order valence-electron chi connectivity index (χ1n) is 6.13. The third-order valence-corrected chi connectivity index (χ3v) is 3.02. The minimum atomic E-state index is -0.889. The third-order valence-electron chi connectivity index (χ3n) is 3.02. The zero-order valence-corrected chi connectivity index (χ0v) is 11.4. The van der Waals surface area contributed by atoms with Gasteiger partial charge in [-0.05, 0) is 44.0 Å². The number of nitrogens with one attached hydrogen (secondary N) is 1. The van der Waals surface area contributed by atoms with Gasteiger partial charge in [0.2, 0.25) is 0 Å². The van der Waals surface area contributed by atoms with Gasteiger partial charge in [0.25, 0.3) is 0 Å². The molecule has 1 atom stereocenters. The summed E-state index contributed by atoms with van der Waals surface area (Å²) in [5.41, 5.74) is 3.24. The highest BCUT2D eigenvalue weighted by atomic mass is 16.5. The van der Waals surface area contributed by atoms with Gasteiger partial charge in [-0.3, -0.25) is 4.79 Å². The fraction of sp³-hybridized carbons (Fsp3) is 0.500. The molecule has 1 unspecified atom stereocenters. The fourth-order valence-electron chi connectivity index (χ4n) is 1.78. The topological polar surface area (TPSA) is 58.6 Å². The molecular formula is C14H21NO3. The van der Waals surface area contributed by atoms with Gasteiger partial charge in [0.05, 0.1) is 0 Å². The van der Waals surface area contributed by atoms with Crippen LogP contribution in [0.1, 0.15) is 23.6 Å². The van der Waals surface area contributed by atoms with Gasteiger partial charge in [0.1, 0.15) is 18.4 Å². The molecule has 0 saturated heterocycles. The summed E-state index contributed by atoms with van der Waals surface area (Å²) in [7, 11) is 0. The van der Waals surface area contributed by atoms with Crippen molar-refractivity contribution in [3.63, 3.8) is 0 Å². The van der Waals surface area contributed by atoms with Crippen LogP contribution in [0.5, 0.6) is 5.75 Å². The predicted molar refractivity (Wildman–Crippen MR) is 71.2 cm³/mol. The SMILES string of the molecule is CCNC(COc1c(C)ccc(C)c1C)C(=O)O. The molecule has 100 valence electrons. The molecule has 0 heterocycles. The van der Waals surface area contributed by atoms with Gasteiger partial charge in [0, 0.05) is 0 Å². The second-order valence-electron chi connectivity index (χ2n) is 4.41. The van der Waals surface area contributed by atoms with E-state index in [-0.39, 0.29) is 6.61 Å². The molecule has 4 nitrogen and oxygen atoms in total. The number of aryl methyl sites for hydroxylation is 2. The Morgan fingerprint density at radius 1 is 1.33 bits per heavy atom.